The molecule has 2 heterocycles. The van der Waals surface area contributed by atoms with Crippen molar-refractivity contribution in [3.05, 3.63) is 0 Å². The van der Waals surface area contributed by atoms with Crippen molar-refractivity contribution < 1.29 is 4.79 Å². The summed E-state index contributed by atoms with van der Waals surface area (Å²) in [6.07, 6.45) is 5.25. The normalized spacial score (nSPS) is 30.2. The summed E-state index contributed by atoms with van der Waals surface area (Å²) in [4.78, 5) is 17.0. The number of rotatable bonds is 5. The Morgan fingerprint density at radius 2 is 1.85 bits per heavy atom. The third-order valence-corrected chi connectivity index (χ3v) is 4.64. The van der Waals surface area contributed by atoms with Gasteiger partial charge in [0, 0.05) is 12.6 Å². The van der Waals surface area contributed by atoms with E-state index >= 15 is 0 Å². The molecule has 116 valence electrons. The second-order valence-corrected chi connectivity index (χ2v) is 6.97. The maximum atomic E-state index is 12.4. The number of nitrogens with one attached hydrogen (secondary N) is 1. The van der Waals surface area contributed by atoms with E-state index in [0.717, 1.165) is 13.0 Å². The fourth-order valence-corrected chi connectivity index (χ4v) is 3.47. The maximum Gasteiger partial charge on any atom is 0.240 e. The highest BCUT2D eigenvalue weighted by molar-refractivity contribution is 5.83. The van der Waals surface area contributed by atoms with Crippen LogP contribution in [0.5, 0.6) is 0 Å². The predicted molar refractivity (Wildman–Crippen MR) is 82.4 cm³/mol. The first kappa shape index (κ1) is 15.8. The van der Waals surface area contributed by atoms with Crippen LogP contribution >= 0.6 is 0 Å². The fourth-order valence-electron chi connectivity index (χ4n) is 3.47. The Bertz CT molecular complexity index is 326. The van der Waals surface area contributed by atoms with Crippen molar-refractivity contribution in [1.29, 1.82) is 0 Å². The highest BCUT2D eigenvalue weighted by atomic mass is 16.2. The van der Waals surface area contributed by atoms with Crippen molar-refractivity contribution in [3.63, 3.8) is 0 Å². The molecule has 2 fully saturated rings. The average molecular weight is 281 g/mol. The maximum absolute atomic E-state index is 12.4. The van der Waals surface area contributed by atoms with Gasteiger partial charge in [0.15, 0.2) is 0 Å². The van der Waals surface area contributed by atoms with Gasteiger partial charge in [0.05, 0.1) is 12.2 Å². The van der Waals surface area contributed by atoms with Crippen molar-refractivity contribution in [2.75, 3.05) is 19.6 Å². The van der Waals surface area contributed by atoms with Gasteiger partial charge < -0.3 is 4.90 Å². The Morgan fingerprint density at radius 1 is 1.20 bits per heavy atom. The molecule has 0 saturated carbocycles. The molecule has 4 nitrogen and oxygen atoms in total. The monoisotopic (exact) mass is 281 g/mol. The van der Waals surface area contributed by atoms with E-state index in [1.165, 1.54) is 32.4 Å². The summed E-state index contributed by atoms with van der Waals surface area (Å²) in [5, 5.41) is 3.45. The Kier molecular flexibility index (Phi) is 5.44. The van der Waals surface area contributed by atoms with Gasteiger partial charge in [0.1, 0.15) is 0 Å². The number of piperidine rings is 1. The number of hydrogen-bond donors (Lipinski definition) is 1. The molecule has 0 aromatic carbocycles. The average Bonchev–Trinajstić information content (AvgIpc) is 2.67. The number of nitrogens with zero attached hydrogens (tertiary/aromatic N) is 2. The van der Waals surface area contributed by atoms with Crippen molar-refractivity contribution in [2.45, 2.75) is 71.6 Å². The van der Waals surface area contributed by atoms with E-state index in [1.807, 2.05) is 6.92 Å². The quantitative estimate of drug-likeness (QED) is 0.838. The van der Waals surface area contributed by atoms with E-state index in [4.69, 9.17) is 0 Å². The lowest BCUT2D eigenvalue weighted by atomic mass is 10.1. The van der Waals surface area contributed by atoms with E-state index in [-0.39, 0.29) is 18.1 Å². The number of likely N-dealkylation sites (tertiary alicyclic amines) is 1. The van der Waals surface area contributed by atoms with Crippen LogP contribution in [-0.2, 0) is 4.79 Å². The molecular formula is C16H31N3O. The van der Waals surface area contributed by atoms with Gasteiger partial charge in [-0.05, 0) is 52.1 Å². The highest BCUT2D eigenvalue weighted by Gasteiger charge is 2.37. The Hall–Kier alpha value is -0.610. The van der Waals surface area contributed by atoms with E-state index in [2.05, 4.69) is 35.9 Å². The lowest BCUT2D eigenvalue weighted by molar-refractivity contribution is -0.130. The fraction of sp³-hybridized carbons (Fsp3) is 0.938. The molecule has 0 aromatic heterocycles. The molecule has 1 amide bonds. The summed E-state index contributed by atoms with van der Waals surface area (Å²) in [5.41, 5.74) is 0. The largest absolute Gasteiger partial charge is 0.324 e. The molecule has 3 unspecified atom stereocenters. The molecule has 3 atom stereocenters. The number of hydrogen-bond acceptors (Lipinski definition) is 3. The van der Waals surface area contributed by atoms with Gasteiger partial charge in [-0.2, -0.15) is 0 Å². The summed E-state index contributed by atoms with van der Waals surface area (Å²) in [7, 11) is 0. The number of amides is 1. The first-order chi connectivity index (χ1) is 9.49. The smallest absolute Gasteiger partial charge is 0.240 e. The van der Waals surface area contributed by atoms with E-state index in [9.17, 15) is 4.79 Å². The van der Waals surface area contributed by atoms with Crippen LogP contribution < -0.4 is 5.32 Å². The number of carbonyl (C=O) groups is 1. The molecular weight excluding hydrogens is 250 g/mol. The summed E-state index contributed by atoms with van der Waals surface area (Å²) in [5.74, 6) is 0.887. The minimum Gasteiger partial charge on any atom is -0.324 e. The molecule has 0 radical (unpaired) electrons. The second-order valence-electron chi connectivity index (χ2n) is 6.97. The van der Waals surface area contributed by atoms with Crippen LogP contribution in [0.25, 0.3) is 0 Å². The molecule has 0 spiro atoms. The van der Waals surface area contributed by atoms with Crippen molar-refractivity contribution in [1.82, 2.24) is 15.1 Å². The molecule has 0 bridgehead atoms. The first-order valence-electron chi connectivity index (χ1n) is 8.29. The molecule has 2 aliphatic rings. The first-order valence-corrected chi connectivity index (χ1v) is 8.29. The zero-order chi connectivity index (χ0) is 14.7. The minimum absolute atomic E-state index is 0.0210. The van der Waals surface area contributed by atoms with Gasteiger partial charge in [-0.25, -0.2) is 0 Å². The topological polar surface area (TPSA) is 35.6 Å². The molecule has 20 heavy (non-hydrogen) atoms. The van der Waals surface area contributed by atoms with Gasteiger partial charge in [0.25, 0.3) is 0 Å². The predicted octanol–water partition coefficient (Wildman–Crippen LogP) is 2.05. The van der Waals surface area contributed by atoms with E-state index in [0.29, 0.717) is 12.0 Å². The highest BCUT2D eigenvalue weighted by Crippen LogP contribution is 2.20. The Morgan fingerprint density at radius 3 is 2.45 bits per heavy atom. The van der Waals surface area contributed by atoms with Gasteiger partial charge in [0.2, 0.25) is 5.91 Å². The van der Waals surface area contributed by atoms with Crippen LogP contribution in [0.15, 0.2) is 0 Å². The molecule has 2 saturated heterocycles. The van der Waals surface area contributed by atoms with E-state index in [1.54, 1.807) is 0 Å². The van der Waals surface area contributed by atoms with Crippen LogP contribution in [0, 0.1) is 5.92 Å². The lowest BCUT2D eigenvalue weighted by Gasteiger charge is -2.36. The third kappa shape index (κ3) is 3.73. The molecule has 2 rings (SSSR count). The van der Waals surface area contributed by atoms with Crippen LogP contribution in [0.1, 0.15) is 53.4 Å². The molecule has 0 aromatic rings. The van der Waals surface area contributed by atoms with Crippen molar-refractivity contribution in [3.8, 4) is 0 Å². The standard InChI is InChI=1S/C16H31N3O/c1-12(2)10-15-17-14(4)16(20)19(15)11-13(3)18-8-6-5-7-9-18/h12-15,17H,5-11H2,1-4H3. The number of carbonyl (C=O) groups excluding carboxylic acids is 1. The van der Waals surface area contributed by atoms with Crippen molar-refractivity contribution >= 4 is 5.91 Å². The second kappa shape index (κ2) is 6.90. The molecule has 4 heteroatoms. The summed E-state index contributed by atoms with van der Waals surface area (Å²) >= 11 is 0. The van der Waals surface area contributed by atoms with Crippen LogP contribution in [-0.4, -0.2) is 53.6 Å². The lowest BCUT2D eigenvalue weighted by Crippen LogP contribution is -2.48. The summed E-state index contributed by atoms with van der Waals surface area (Å²) < 4.78 is 0. The molecule has 1 N–H and O–H groups in total. The van der Waals surface area contributed by atoms with Crippen LogP contribution in [0.2, 0.25) is 0 Å². The minimum atomic E-state index is -0.0210. The molecule has 2 aliphatic heterocycles. The summed E-state index contributed by atoms with van der Waals surface area (Å²) in [6, 6.07) is 0.452. The zero-order valence-corrected chi connectivity index (χ0v) is 13.6. The van der Waals surface area contributed by atoms with Crippen LogP contribution in [0.3, 0.4) is 0 Å². The summed E-state index contributed by atoms with van der Waals surface area (Å²) in [6.45, 7) is 12.0. The third-order valence-electron chi connectivity index (χ3n) is 4.64. The Balaban J connectivity index is 1.95. The van der Waals surface area contributed by atoms with Gasteiger partial charge >= 0.3 is 0 Å². The Labute approximate surface area is 123 Å². The van der Waals surface area contributed by atoms with Gasteiger partial charge in [-0.3, -0.25) is 15.0 Å². The van der Waals surface area contributed by atoms with Gasteiger partial charge in [-0.1, -0.05) is 20.3 Å². The van der Waals surface area contributed by atoms with Crippen LogP contribution in [0.4, 0.5) is 0 Å². The zero-order valence-electron chi connectivity index (χ0n) is 13.6. The van der Waals surface area contributed by atoms with E-state index < -0.39 is 0 Å². The molecule has 0 aliphatic carbocycles. The van der Waals surface area contributed by atoms with Crippen molar-refractivity contribution in [2.24, 2.45) is 5.92 Å². The van der Waals surface area contributed by atoms with Gasteiger partial charge in [-0.15, -0.1) is 0 Å². The SMILES string of the molecule is CC(C)CC1NC(C)C(=O)N1CC(C)N1CCCCC1.